The van der Waals surface area contributed by atoms with Crippen LogP contribution in [0.2, 0.25) is 5.02 Å². The molecular weight excluding hydrogens is 438 g/mol. The number of rotatable bonds is 6. The van der Waals surface area contributed by atoms with Crippen LogP contribution in [0.4, 0.5) is 5.13 Å². The Bertz CT molecular complexity index is 1020. The Hall–Kier alpha value is -2.01. The van der Waals surface area contributed by atoms with Crippen molar-refractivity contribution in [3.8, 4) is 0 Å². The van der Waals surface area contributed by atoms with Crippen LogP contribution in [-0.4, -0.2) is 49.3 Å². The number of piperidine rings is 1. The Labute approximate surface area is 177 Å². The fraction of sp³-hybridized carbons (Fsp3) is 0.389. The maximum atomic E-state index is 12.9. The number of carbonyl (C=O) groups excluding carboxylic acids is 2. The van der Waals surface area contributed by atoms with Crippen LogP contribution < -0.4 is 5.32 Å². The zero-order chi connectivity index (χ0) is 21.0. The number of carbonyl (C=O) groups is 2. The second-order valence-corrected chi connectivity index (χ2v) is 9.49. The summed E-state index contributed by atoms with van der Waals surface area (Å²) in [6, 6.07) is 4.09. The summed E-state index contributed by atoms with van der Waals surface area (Å²) in [5.41, 5.74) is 0.217. The summed E-state index contributed by atoms with van der Waals surface area (Å²) in [5, 5.41) is 4.30. The lowest BCUT2D eigenvalue weighted by Gasteiger charge is -2.26. The monoisotopic (exact) mass is 457 g/mol. The predicted molar refractivity (Wildman–Crippen MR) is 110 cm³/mol. The van der Waals surface area contributed by atoms with E-state index in [4.69, 9.17) is 16.3 Å². The van der Waals surface area contributed by atoms with Crippen LogP contribution in [0.25, 0.3) is 0 Å². The highest BCUT2D eigenvalue weighted by molar-refractivity contribution is 7.89. The van der Waals surface area contributed by atoms with Crippen molar-refractivity contribution in [3.05, 3.63) is 39.9 Å². The molecule has 0 saturated carbocycles. The predicted octanol–water partition coefficient (Wildman–Crippen LogP) is 3.40. The summed E-state index contributed by atoms with van der Waals surface area (Å²) in [6.45, 7) is 2.77. The number of nitrogens with one attached hydrogen (secondary N) is 1. The molecule has 0 radical (unpaired) electrons. The number of anilines is 1. The van der Waals surface area contributed by atoms with Gasteiger partial charge in [-0.3, -0.25) is 10.1 Å². The summed E-state index contributed by atoms with van der Waals surface area (Å²) in [7, 11) is -3.79. The third-order valence-corrected chi connectivity index (χ3v) is 7.47. The highest BCUT2D eigenvalue weighted by Crippen LogP contribution is 2.28. The number of ether oxygens (including phenoxy) is 1. The van der Waals surface area contributed by atoms with Crippen molar-refractivity contribution in [3.63, 3.8) is 0 Å². The molecule has 0 unspecified atom stereocenters. The molecule has 1 aliphatic heterocycles. The van der Waals surface area contributed by atoms with Gasteiger partial charge in [-0.15, -0.1) is 11.3 Å². The standard InChI is InChI=1S/C18H20ClN3O5S2/c1-2-27-17(24)14-11-28-18(20-14)21-16(23)12-6-7-13(19)15(10-12)29(25,26)22-8-4-3-5-9-22/h6-7,10-11H,2-5,8-9H2,1H3,(H,20,21,23). The van der Waals surface area contributed by atoms with Gasteiger partial charge in [0.05, 0.1) is 11.6 Å². The lowest BCUT2D eigenvalue weighted by molar-refractivity contribution is 0.0520. The average molecular weight is 458 g/mol. The van der Waals surface area contributed by atoms with E-state index in [1.54, 1.807) is 6.92 Å². The minimum atomic E-state index is -3.79. The molecular formula is C18H20ClN3O5S2. The highest BCUT2D eigenvalue weighted by atomic mass is 35.5. The minimum absolute atomic E-state index is 0.0611. The lowest BCUT2D eigenvalue weighted by Crippen LogP contribution is -2.35. The second kappa shape index (κ2) is 9.21. The van der Waals surface area contributed by atoms with Gasteiger partial charge in [-0.1, -0.05) is 18.0 Å². The van der Waals surface area contributed by atoms with Crippen molar-refractivity contribution in [2.75, 3.05) is 25.0 Å². The maximum absolute atomic E-state index is 12.9. The summed E-state index contributed by atoms with van der Waals surface area (Å²) < 4.78 is 32.1. The second-order valence-electron chi connectivity index (χ2n) is 6.32. The van der Waals surface area contributed by atoms with Gasteiger partial charge < -0.3 is 4.74 Å². The SMILES string of the molecule is CCOC(=O)c1csc(NC(=O)c2ccc(Cl)c(S(=O)(=O)N3CCCCC3)c2)n1. The number of aromatic nitrogens is 1. The first-order valence-corrected chi connectivity index (χ1v) is 11.8. The van der Waals surface area contributed by atoms with Crippen LogP contribution in [-0.2, 0) is 14.8 Å². The van der Waals surface area contributed by atoms with Crippen molar-refractivity contribution in [2.24, 2.45) is 0 Å². The zero-order valence-electron chi connectivity index (χ0n) is 15.7. The third-order valence-electron chi connectivity index (χ3n) is 4.34. The van der Waals surface area contributed by atoms with Crippen LogP contribution in [0.3, 0.4) is 0 Å². The van der Waals surface area contributed by atoms with E-state index in [9.17, 15) is 18.0 Å². The van der Waals surface area contributed by atoms with Gasteiger partial charge in [0.1, 0.15) is 4.90 Å². The molecule has 2 heterocycles. The molecule has 3 rings (SSSR count). The first-order chi connectivity index (χ1) is 13.8. The molecule has 2 aromatic rings. The first kappa shape index (κ1) is 21.7. The first-order valence-electron chi connectivity index (χ1n) is 9.06. The minimum Gasteiger partial charge on any atom is -0.461 e. The molecule has 0 bridgehead atoms. The molecule has 1 aliphatic rings. The molecule has 29 heavy (non-hydrogen) atoms. The largest absolute Gasteiger partial charge is 0.461 e. The highest BCUT2D eigenvalue weighted by Gasteiger charge is 2.29. The van der Waals surface area contributed by atoms with Gasteiger partial charge in [0.15, 0.2) is 10.8 Å². The number of nitrogens with zero attached hydrogens (tertiary/aromatic N) is 2. The molecule has 1 aromatic heterocycles. The number of thiazole rings is 1. The van der Waals surface area contributed by atoms with Crippen molar-refractivity contribution in [1.29, 1.82) is 0 Å². The number of amides is 1. The van der Waals surface area contributed by atoms with Crippen molar-refractivity contribution in [2.45, 2.75) is 31.1 Å². The van der Waals surface area contributed by atoms with Crippen molar-refractivity contribution in [1.82, 2.24) is 9.29 Å². The van der Waals surface area contributed by atoms with Crippen LogP contribution in [0, 0.1) is 0 Å². The van der Waals surface area contributed by atoms with E-state index < -0.39 is 21.9 Å². The van der Waals surface area contributed by atoms with E-state index in [0.29, 0.717) is 13.1 Å². The Morgan fingerprint density at radius 1 is 1.28 bits per heavy atom. The molecule has 1 N–H and O–H groups in total. The van der Waals surface area contributed by atoms with Crippen LogP contribution in [0.5, 0.6) is 0 Å². The maximum Gasteiger partial charge on any atom is 0.357 e. The normalized spacial score (nSPS) is 15.1. The van der Waals surface area contributed by atoms with E-state index >= 15 is 0 Å². The molecule has 1 aromatic carbocycles. The fourth-order valence-corrected chi connectivity index (χ4v) is 5.58. The number of sulfonamides is 1. The molecule has 1 saturated heterocycles. The number of hydrogen-bond donors (Lipinski definition) is 1. The molecule has 8 nitrogen and oxygen atoms in total. The molecule has 0 atom stereocenters. The smallest absolute Gasteiger partial charge is 0.357 e. The van der Waals surface area contributed by atoms with Gasteiger partial charge in [0.2, 0.25) is 10.0 Å². The number of esters is 1. The number of benzene rings is 1. The number of halogens is 1. The van der Waals surface area contributed by atoms with E-state index in [2.05, 4.69) is 10.3 Å². The van der Waals surface area contributed by atoms with Crippen LogP contribution >= 0.6 is 22.9 Å². The van der Waals surface area contributed by atoms with Crippen LogP contribution in [0.1, 0.15) is 47.0 Å². The molecule has 11 heteroatoms. The van der Waals surface area contributed by atoms with E-state index in [1.807, 2.05) is 0 Å². The van der Waals surface area contributed by atoms with Crippen molar-refractivity contribution >= 4 is 50.0 Å². The molecule has 0 aliphatic carbocycles. The molecule has 156 valence electrons. The van der Waals surface area contributed by atoms with Gasteiger partial charge in [0, 0.05) is 24.0 Å². The van der Waals surface area contributed by atoms with Gasteiger partial charge in [-0.05, 0) is 38.0 Å². The Kier molecular flexibility index (Phi) is 6.89. The topological polar surface area (TPSA) is 106 Å². The fourth-order valence-electron chi connectivity index (χ4n) is 2.89. The third kappa shape index (κ3) is 4.95. The summed E-state index contributed by atoms with van der Waals surface area (Å²) in [6.07, 6.45) is 2.58. The Morgan fingerprint density at radius 2 is 2.00 bits per heavy atom. The number of hydrogen-bond acceptors (Lipinski definition) is 7. The lowest BCUT2D eigenvalue weighted by atomic mass is 10.2. The van der Waals surface area contributed by atoms with E-state index in [1.165, 1.54) is 27.9 Å². The Balaban J connectivity index is 1.80. The summed E-state index contributed by atoms with van der Waals surface area (Å²) in [4.78, 5) is 28.2. The zero-order valence-corrected chi connectivity index (χ0v) is 18.1. The molecule has 1 fully saturated rings. The summed E-state index contributed by atoms with van der Waals surface area (Å²) >= 11 is 7.20. The molecule has 0 spiro atoms. The Morgan fingerprint density at radius 3 is 2.69 bits per heavy atom. The average Bonchev–Trinajstić information content (AvgIpc) is 3.17. The van der Waals surface area contributed by atoms with Gasteiger partial charge in [-0.25, -0.2) is 18.2 Å². The van der Waals surface area contributed by atoms with Gasteiger partial charge in [-0.2, -0.15) is 4.31 Å². The summed E-state index contributed by atoms with van der Waals surface area (Å²) in [5.74, 6) is -1.13. The quantitative estimate of drug-likeness (QED) is 0.666. The van der Waals surface area contributed by atoms with Gasteiger partial charge in [0.25, 0.3) is 5.91 Å². The van der Waals surface area contributed by atoms with Crippen molar-refractivity contribution < 1.29 is 22.7 Å². The molecule has 1 amide bonds. The van der Waals surface area contributed by atoms with Gasteiger partial charge >= 0.3 is 5.97 Å². The van der Waals surface area contributed by atoms with E-state index in [-0.39, 0.29) is 32.9 Å². The van der Waals surface area contributed by atoms with E-state index in [0.717, 1.165) is 30.6 Å². The van der Waals surface area contributed by atoms with Crippen LogP contribution in [0.15, 0.2) is 28.5 Å².